The van der Waals surface area contributed by atoms with Crippen molar-refractivity contribution in [1.29, 1.82) is 0 Å². The molecule has 0 aliphatic carbocycles. The first kappa shape index (κ1) is 20.6. The summed E-state index contributed by atoms with van der Waals surface area (Å²) < 4.78 is 29.2. The predicted octanol–water partition coefficient (Wildman–Crippen LogP) is 3.45. The van der Waals surface area contributed by atoms with Crippen LogP contribution in [0.5, 0.6) is 5.75 Å². The number of alkyl halides is 2. The molecule has 2 aromatic carbocycles. The third-order valence-corrected chi connectivity index (χ3v) is 3.68. The van der Waals surface area contributed by atoms with E-state index in [0.29, 0.717) is 10.7 Å². The van der Waals surface area contributed by atoms with Gasteiger partial charge in [-0.25, -0.2) is 0 Å². The van der Waals surface area contributed by atoms with Crippen molar-refractivity contribution >= 4 is 34.8 Å². The first-order chi connectivity index (χ1) is 12.8. The molecule has 2 rings (SSSR count). The molecule has 2 aromatic rings. The molecule has 0 radical (unpaired) electrons. The molecule has 0 aliphatic rings. The minimum absolute atomic E-state index is 0.0617. The number of para-hydroxylation sites is 3. The van der Waals surface area contributed by atoms with Gasteiger partial charge in [0.05, 0.1) is 29.5 Å². The molecule has 0 heterocycles. The number of ether oxygens (including phenoxy) is 1. The molecule has 0 aliphatic heterocycles. The van der Waals surface area contributed by atoms with E-state index >= 15 is 0 Å². The highest BCUT2D eigenvalue weighted by Crippen LogP contribution is 2.25. The fraction of sp³-hybridized carbons (Fsp3) is 0.222. The van der Waals surface area contributed by atoms with E-state index in [9.17, 15) is 18.4 Å². The first-order valence-corrected chi connectivity index (χ1v) is 8.29. The number of anilines is 2. The van der Waals surface area contributed by atoms with Crippen LogP contribution in [0.3, 0.4) is 0 Å². The Morgan fingerprint density at radius 1 is 1.00 bits per heavy atom. The second-order valence-corrected chi connectivity index (χ2v) is 6.03. The van der Waals surface area contributed by atoms with Crippen molar-refractivity contribution < 1.29 is 23.1 Å². The number of hydrogen-bond acceptors (Lipinski definition) is 4. The molecule has 2 amide bonds. The average molecular weight is 398 g/mol. The molecule has 0 unspecified atom stereocenters. The number of likely N-dealkylation sites (N-methyl/N-ethyl adjacent to an activating group) is 1. The molecule has 0 spiro atoms. The summed E-state index contributed by atoms with van der Waals surface area (Å²) in [6.07, 6.45) is 0. The van der Waals surface area contributed by atoms with Crippen LogP contribution in [0, 0.1) is 0 Å². The van der Waals surface area contributed by atoms with Crippen LogP contribution in [0.25, 0.3) is 0 Å². The standard InChI is InChI=1S/C18H18ClF2N3O3/c1-24(10-16(25)22-13-7-3-2-6-12(13)19)11-17(26)23-14-8-4-5-9-15(14)27-18(20)21/h2-9,18H,10-11H2,1H3,(H,22,25)(H,23,26). The summed E-state index contributed by atoms with van der Waals surface area (Å²) in [4.78, 5) is 25.6. The Hall–Kier alpha value is -2.71. The van der Waals surface area contributed by atoms with Gasteiger partial charge in [-0.15, -0.1) is 0 Å². The molecule has 144 valence electrons. The quantitative estimate of drug-likeness (QED) is 0.715. The summed E-state index contributed by atoms with van der Waals surface area (Å²) in [7, 11) is 1.58. The number of carbonyl (C=O) groups is 2. The maximum Gasteiger partial charge on any atom is 0.387 e. The van der Waals surface area contributed by atoms with Gasteiger partial charge in [0.25, 0.3) is 0 Å². The van der Waals surface area contributed by atoms with Gasteiger partial charge in [0.2, 0.25) is 11.8 Å². The highest BCUT2D eigenvalue weighted by Gasteiger charge is 2.15. The van der Waals surface area contributed by atoms with Gasteiger partial charge >= 0.3 is 6.61 Å². The van der Waals surface area contributed by atoms with E-state index in [1.165, 1.54) is 23.1 Å². The van der Waals surface area contributed by atoms with Crippen LogP contribution in [0.15, 0.2) is 48.5 Å². The van der Waals surface area contributed by atoms with Gasteiger partial charge in [-0.1, -0.05) is 35.9 Å². The average Bonchev–Trinajstić information content (AvgIpc) is 2.58. The van der Waals surface area contributed by atoms with Gasteiger partial charge < -0.3 is 15.4 Å². The van der Waals surface area contributed by atoms with Crippen molar-refractivity contribution in [3.8, 4) is 5.75 Å². The fourth-order valence-corrected chi connectivity index (χ4v) is 2.44. The molecular weight excluding hydrogens is 380 g/mol. The zero-order chi connectivity index (χ0) is 19.8. The number of nitrogens with one attached hydrogen (secondary N) is 2. The van der Waals surface area contributed by atoms with Crippen LogP contribution in [0.2, 0.25) is 5.02 Å². The lowest BCUT2D eigenvalue weighted by atomic mass is 10.3. The van der Waals surface area contributed by atoms with E-state index in [-0.39, 0.29) is 30.4 Å². The van der Waals surface area contributed by atoms with E-state index in [2.05, 4.69) is 15.4 Å². The SMILES string of the molecule is CN(CC(=O)Nc1ccccc1Cl)CC(=O)Nc1ccccc1OC(F)F. The number of halogens is 3. The number of carbonyl (C=O) groups excluding carboxylic acids is 2. The fourth-order valence-electron chi connectivity index (χ4n) is 2.26. The predicted molar refractivity (Wildman–Crippen MR) is 99.3 cm³/mol. The normalized spacial score (nSPS) is 10.7. The van der Waals surface area contributed by atoms with E-state index in [4.69, 9.17) is 11.6 Å². The Morgan fingerprint density at radius 3 is 2.11 bits per heavy atom. The number of nitrogens with zero attached hydrogens (tertiary/aromatic N) is 1. The lowest BCUT2D eigenvalue weighted by Gasteiger charge is -2.17. The lowest BCUT2D eigenvalue weighted by molar-refractivity contribution is -0.119. The molecule has 0 fully saturated rings. The van der Waals surface area contributed by atoms with Crippen LogP contribution in [-0.4, -0.2) is 43.5 Å². The van der Waals surface area contributed by atoms with Crippen LogP contribution < -0.4 is 15.4 Å². The zero-order valence-corrected chi connectivity index (χ0v) is 15.2. The Labute approximate surface area is 160 Å². The van der Waals surface area contributed by atoms with Gasteiger partial charge in [0.1, 0.15) is 5.75 Å². The van der Waals surface area contributed by atoms with Gasteiger partial charge in [-0.3, -0.25) is 14.5 Å². The van der Waals surface area contributed by atoms with E-state index < -0.39 is 12.5 Å². The summed E-state index contributed by atoms with van der Waals surface area (Å²) in [5.74, 6) is -0.965. The van der Waals surface area contributed by atoms with Crippen LogP contribution in [-0.2, 0) is 9.59 Å². The van der Waals surface area contributed by atoms with Gasteiger partial charge in [-0.2, -0.15) is 8.78 Å². The molecule has 0 atom stereocenters. The second-order valence-electron chi connectivity index (χ2n) is 5.62. The molecule has 2 N–H and O–H groups in total. The van der Waals surface area contributed by atoms with Crippen molar-refractivity contribution in [1.82, 2.24) is 4.90 Å². The monoisotopic (exact) mass is 397 g/mol. The Morgan fingerprint density at radius 2 is 1.52 bits per heavy atom. The summed E-state index contributed by atoms with van der Waals surface area (Å²) in [6.45, 7) is -3.19. The Balaban J connectivity index is 1.87. The van der Waals surface area contributed by atoms with Gasteiger partial charge in [-0.05, 0) is 31.3 Å². The molecule has 0 saturated heterocycles. The number of rotatable bonds is 8. The molecule has 6 nitrogen and oxygen atoms in total. The minimum atomic E-state index is -3.00. The molecule has 27 heavy (non-hydrogen) atoms. The summed E-state index contributed by atoms with van der Waals surface area (Å²) in [6, 6.07) is 12.6. The Bertz CT molecular complexity index is 805. The third kappa shape index (κ3) is 6.84. The smallest absolute Gasteiger partial charge is 0.387 e. The largest absolute Gasteiger partial charge is 0.433 e. The van der Waals surface area contributed by atoms with Crippen LogP contribution in [0.4, 0.5) is 20.2 Å². The van der Waals surface area contributed by atoms with Crippen LogP contribution >= 0.6 is 11.6 Å². The molecule has 9 heteroatoms. The highest BCUT2D eigenvalue weighted by molar-refractivity contribution is 6.33. The maximum atomic E-state index is 12.4. The third-order valence-electron chi connectivity index (χ3n) is 3.35. The van der Waals surface area contributed by atoms with E-state index in [0.717, 1.165) is 0 Å². The molecule has 0 aromatic heterocycles. The van der Waals surface area contributed by atoms with Crippen molar-refractivity contribution in [3.05, 3.63) is 53.6 Å². The van der Waals surface area contributed by atoms with Crippen molar-refractivity contribution in [2.24, 2.45) is 0 Å². The van der Waals surface area contributed by atoms with Gasteiger partial charge in [0, 0.05) is 0 Å². The molecule has 0 saturated carbocycles. The summed E-state index contributed by atoms with van der Waals surface area (Å²) in [5, 5.41) is 5.54. The van der Waals surface area contributed by atoms with Crippen molar-refractivity contribution in [2.45, 2.75) is 6.61 Å². The minimum Gasteiger partial charge on any atom is -0.433 e. The summed E-state index contributed by atoms with van der Waals surface area (Å²) in [5.41, 5.74) is 0.594. The topological polar surface area (TPSA) is 70.7 Å². The summed E-state index contributed by atoms with van der Waals surface area (Å²) >= 11 is 5.97. The van der Waals surface area contributed by atoms with Crippen molar-refractivity contribution in [2.75, 3.05) is 30.8 Å². The number of benzene rings is 2. The zero-order valence-electron chi connectivity index (χ0n) is 14.4. The van der Waals surface area contributed by atoms with Crippen LogP contribution in [0.1, 0.15) is 0 Å². The highest BCUT2D eigenvalue weighted by atomic mass is 35.5. The maximum absolute atomic E-state index is 12.4. The van der Waals surface area contributed by atoms with Crippen molar-refractivity contribution in [3.63, 3.8) is 0 Å². The number of amides is 2. The lowest BCUT2D eigenvalue weighted by Crippen LogP contribution is -2.36. The Kier molecular flexibility index (Phi) is 7.51. The van der Waals surface area contributed by atoms with Gasteiger partial charge in [0.15, 0.2) is 0 Å². The van der Waals surface area contributed by atoms with E-state index in [1.807, 2.05) is 0 Å². The molecular formula is C18H18ClF2N3O3. The van der Waals surface area contributed by atoms with E-state index in [1.54, 1.807) is 37.4 Å². The molecule has 0 bridgehead atoms. The first-order valence-electron chi connectivity index (χ1n) is 7.91. The number of hydrogen-bond donors (Lipinski definition) is 2. The second kappa shape index (κ2) is 9.84.